The quantitative estimate of drug-likeness (QED) is 0.470. The van der Waals surface area contributed by atoms with Gasteiger partial charge in [-0.2, -0.15) is 0 Å². The Morgan fingerprint density at radius 2 is 2.29 bits per heavy atom. The molecule has 0 radical (unpaired) electrons. The van der Waals surface area contributed by atoms with E-state index in [9.17, 15) is 9.59 Å². The Morgan fingerprint density at radius 3 is 3.00 bits per heavy atom. The van der Waals surface area contributed by atoms with Crippen molar-refractivity contribution in [2.45, 2.75) is 37.9 Å². The second-order valence-electron chi connectivity index (χ2n) is 7.47. The van der Waals surface area contributed by atoms with Gasteiger partial charge in [-0.25, -0.2) is 4.98 Å². The lowest BCUT2D eigenvalue weighted by Crippen LogP contribution is -2.26. The Morgan fingerprint density at radius 1 is 1.46 bits per heavy atom. The summed E-state index contributed by atoms with van der Waals surface area (Å²) in [6, 6.07) is 3.66. The summed E-state index contributed by atoms with van der Waals surface area (Å²) in [6.07, 6.45) is 4.64. The van der Waals surface area contributed by atoms with Crippen molar-refractivity contribution in [3.8, 4) is 0 Å². The van der Waals surface area contributed by atoms with E-state index in [4.69, 9.17) is 9.40 Å². The summed E-state index contributed by atoms with van der Waals surface area (Å²) in [4.78, 5) is 33.9. The Kier molecular flexibility index (Phi) is 5.33. The first-order valence-corrected chi connectivity index (χ1v) is 11.1. The monoisotopic (exact) mass is 417 g/mol. The van der Waals surface area contributed by atoms with Crippen molar-refractivity contribution in [1.82, 2.24) is 14.5 Å². The zero-order valence-electron chi connectivity index (χ0n) is 16.2. The minimum atomic E-state index is -0.0340. The summed E-state index contributed by atoms with van der Waals surface area (Å²) in [5, 5.41) is 1.32. The molecule has 3 heterocycles. The number of fused-ring (bicyclic) bond motifs is 3. The van der Waals surface area contributed by atoms with Gasteiger partial charge in [0.15, 0.2) is 5.16 Å². The Labute approximate surface area is 171 Å². The fourth-order valence-corrected chi connectivity index (χ4v) is 5.87. The van der Waals surface area contributed by atoms with Crippen LogP contribution in [0.2, 0.25) is 0 Å². The number of rotatable bonds is 5. The van der Waals surface area contributed by atoms with E-state index in [0.29, 0.717) is 23.4 Å². The number of hydrogen-bond donors (Lipinski definition) is 0. The fraction of sp³-hybridized carbons (Fsp3) is 0.450. The van der Waals surface area contributed by atoms with Crippen LogP contribution < -0.4 is 5.56 Å². The molecular formula is C20H23N3O3S2. The predicted octanol–water partition coefficient (Wildman–Crippen LogP) is 3.40. The fourth-order valence-electron chi connectivity index (χ4n) is 3.47. The van der Waals surface area contributed by atoms with E-state index in [2.05, 4.69) is 6.92 Å². The molecule has 1 atom stereocenters. The number of nitrogens with zero attached hydrogens (tertiary/aromatic N) is 3. The molecule has 0 fully saturated rings. The molecule has 3 aromatic heterocycles. The number of thiophene rings is 1. The average molecular weight is 418 g/mol. The molecule has 1 amide bonds. The lowest BCUT2D eigenvalue weighted by atomic mass is 9.89. The molecule has 6 nitrogen and oxygen atoms in total. The minimum absolute atomic E-state index is 0.0109. The molecule has 1 aliphatic rings. The van der Waals surface area contributed by atoms with Crippen LogP contribution in [0.5, 0.6) is 0 Å². The number of thioether (sulfide) groups is 1. The number of furan rings is 1. The van der Waals surface area contributed by atoms with Crippen LogP contribution in [0.1, 0.15) is 29.5 Å². The van der Waals surface area contributed by atoms with E-state index in [1.165, 1.54) is 22.2 Å². The first-order chi connectivity index (χ1) is 13.4. The maximum absolute atomic E-state index is 13.4. The number of hydrogen-bond acceptors (Lipinski definition) is 6. The molecule has 1 aliphatic carbocycles. The van der Waals surface area contributed by atoms with Crippen molar-refractivity contribution < 1.29 is 9.21 Å². The van der Waals surface area contributed by atoms with Crippen molar-refractivity contribution in [2.24, 2.45) is 5.92 Å². The van der Waals surface area contributed by atoms with Gasteiger partial charge < -0.3 is 9.32 Å². The van der Waals surface area contributed by atoms with Gasteiger partial charge in [0.05, 0.1) is 23.9 Å². The van der Waals surface area contributed by atoms with Gasteiger partial charge in [0.25, 0.3) is 5.56 Å². The van der Waals surface area contributed by atoms with Crippen LogP contribution >= 0.6 is 23.1 Å². The number of aromatic nitrogens is 2. The highest BCUT2D eigenvalue weighted by Crippen LogP contribution is 2.36. The zero-order valence-corrected chi connectivity index (χ0v) is 17.9. The smallest absolute Gasteiger partial charge is 0.263 e. The number of carbonyl (C=O) groups is 1. The van der Waals surface area contributed by atoms with Gasteiger partial charge in [-0.3, -0.25) is 14.2 Å². The van der Waals surface area contributed by atoms with Crippen LogP contribution in [-0.2, 0) is 24.2 Å². The van der Waals surface area contributed by atoms with Crippen LogP contribution in [0.25, 0.3) is 10.2 Å². The maximum atomic E-state index is 13.4. The molecule has 0 N–H and O–H groups in total. The molecule has 3 aromatic rings. The maximum Gasteiger partial charge on any atom is 0.263 e. The van der Waals surface area contributed by atoms with E-state index in [1.807, 2.05) is 12.1 Å². The zero-order chi connectivity index (χ0) is 19.8. The van der Waals surface area contributed by atoms with Gasteiger partial charge in [-0.1, -0.05) is 18.7 Å². The van der Waals surface area contributed by atoms with Crippen molar-refractivity contribution in [3.63, 3.8) is 0 Å². The van der Waals surface area contributed by atoms with Crippen LogP contribution in [0.4, 0.5) is 0 Å². The van der Waals surface area contributed by atoms with Crippen LogP contribution in [-0.4, -0.2) is 40.2 Å². The SMILES string of the molecule is C[C@@H]1CCc2c(sc3nc(SCC(=O)N(C)C)n(Cc4ccco4)c(=O)c23)C1. The van der Waals surface area contributed by atoms with Crippen molar-refractivity contribution in [3.05, 3.63) is 45.0 Å². The Balaban J connectivity index is 1.81. The molecule has 0 saturated heterocycles. The third-order valence-corrected chi connectivity index (χ3v) is 7.21. The highest BCUT2D eigenvalue weighted by molar-refractivity contribution is 7.99. The predicted molar refractivity (Wildman–Crippen MR) is 112 cm³/mol. The second-order valence-corrected chi connectivity index (χ2v) is 9.50. The lowest BCUT2D eigenvalue weighted by Gasteiger charge is -2.17. The van der Waals surface area contributed by atoms with Crippen molar-refractivity contribution in [2.75, 3.05) is 19.8 Å². The summed E-state index contributed by atoms with van der Waals surface area (Å²) in [5.74, 6) is 1.56. The van der Waals surface area contributed by atoms with Crippen LogP contribution in [0.15, 0.2) is 32.8 Å². The molecule has 0 aromatic carbocycles. The van der Waals surface area contributed by atoms with E-state index in [0.717, 1.165) is 29.5 Å². The molecule has 0 aliphatic heterocycles. The summed E-state index contributed by atoms with van der Waals surface area (Å²) >= 11 is 2.94. The highest BCUT2D eigenvalue weighted by Gasteiger charge is 2.25. The van der Waals surface area contributed by atoms with Crippen molar-refractivity contribution >= 4 is 39.2 Å². The number of aryl methyl sites for hydroxylation is 1. The topological polar surface area (TPSA) is 68.3 Å². The first kappa shape index (κ1) is 19.3. The van der Waals surface area contributed by atoms with Gasteiger partial charge >= 0.3 is 0 Å². The van der Waals surface area contributed by atoms with E-state index in [-0.39, 0.29) is 17.2 Å². The third-order valence-electron chi connectivity index (χ3n) is 5.10. The standard InChI is InChI=1S/C20H23N3O3S2/c1-12-6-7-14-15(9-12)28-18-17(14)19(25)23(10-13-5-4-8-26-13)20(21-18)27-11-16(24)22(2)3/h4-5,8,12H,6-7,9-11H2,1-3H3/t12-/m1/s1. The van der Waals surface area contributed by atoms with Crippen LogP contribution in [0, 0.1) is 5.92 Å². The van der Waals surface area contributed by atoms with Crippen molar-refractivity contribution in [1.29, 1.82) is 0 Å². The summed E-state index contributed by atoms with van der Waals surface area (Å²) < 4.78 is 7.11. The third kappa shape index (κ3) is 3.63. The molecule has 8 heteroatoms. The molecule has 4 rings (SSSR count). The molecule has 0 saturated carbocycles. The molecule has 28 heavy (non-hydrogen) atoms. The van der Waals surface area contributed by atoms with E-state index < -0.39 is 0 Å². The minimum Gasteiger partial charge on any atom is -0.467 e. The number of amides is 1. The Hall–Kier alpha value is -2.06. The Bertz CT molecular complexity index is 1070. The van der Waals surface area contributed by atoms with E-state index in [1.54, 1.807) is 41.2 Å². The average Bonchev–Trinajstić information content (AvgIpc) is 3.28. The lowest BCUT2D eigenvalue weighted by molar-refractivity contribution is -0.125. The van der Waals surface area contributed by atoms with Gasteiger partial charge in [0.1, 0.15) is 10.6 Å². The summed E-state index contributed by atoms with van der Waals surface area (Å²) in [6.45, 7) is 2.57. The van der Waals surface area contributed by atoms with Crippen LogP contribution in [0.3, 0.4) is 0 Å². The molecule has 0 spiro atoms. The molecule has 0 unspecified atom stereocenters. The normalized spacial score (nSPS) is 16.3. The first-order valence-electron chi connectivity index (χ1n) is 9.34. The molecular weight excluding hydrogens is 394 g/mol. The largest absolute Gasteiger partial charge is 0.467 e. The number of carbonyl (C=O) groups excluding carboxylic acids is 1. The second kappa shape index (κ2) is 7.75. The van der Waals surface area contributed by atoms with Gasteiger partial charge in [-0.05, 0) is 42.9 Å². The van der Waals surface area contributed by atoms with Gasteiger partial charge in [0, 0.05) is 19.0 Å². The van der Waals surface area contributed by atoms with Gasteiger partial charge in [-0.15, -0.1) is 11.3 Å². The van der Waals surface area contributed by atoms with E-state index >= 15 is 0 Å². The summed E-state index contributed by atoms with van der Waals surface area (Å²) in [5.41, 5.74) is 1.14. The van der Waals surface area contributed by atoms with Gasteiger partial charge in [0.2, 0.25) is 5.91 Å². The highest BCUT2D eigenvalue weighted by atomic mass is 32.2. The summed E-state index contributed by atoms with van der Waals surface area (Å²) in [7, 11) is 3.45. The molecule has 148 valence electrons. The molecule has 0 bridgehead atoms.